The van der Waals surface area contributed by atoms with Crippen molar-refractivity contribution >= 4 is 23.3 Å². The Bertz CT molecular complexity index is 774. The molecule has 118 valence electrons. The molecule has 5 N–H and O–H groups in total. The van der Waals surface area contributed by atoms with Crippen LogP contribution in [0.2, 0.25) is 0 Å². The van der Waals surface area contributed by atoms with Gasteiger partial charge in [0.05, 0.1) is 23.2 Å². The zero-order valence-corrected chi connectivity index (χ0v) is 12.2. The average molecular weight is 312 g/mol. The fourth-order valence-electron chi connectivity index (χ4n) is 3.03. The van der Waals surface area contributed by atoms with Gasteiger partial charge in [0.2, 0.25) is 0 Å². The summed E-state index contributed by atoms with van der Waals surface area (Å²) in [6, 6.07) is 12.0. The number of hydrogen-bond acceptors (Lipinski definition) is 4. The van der Waals surface area contributed by atoms with Gasteiger partial charge in [-0.2, -0.15) is 0 Å². The monoisotopic (exact) mass is 312 g/mol. The molecule has 0 bridgehead atoms. The van der Waals surface area contributed by atoms with E-state index in [9.17, 15) is 19.8 Å². The molecule has 0 spiro atoms. The molecule has 23 heavy (non-hydrogen) atoms. The summed E-state index contributed by atoms with van der Waals surface area (Å²) in [5.74, 6) is -2.94. The number of nitrogens with one attached hydrogen (secondary N) is 1. The lowest BCUT2D eigenvalue weighted by molar-refractivity contribution is -0.139. The van der Waals surface area contributed by atoms with Crippen LogP contribution in [0.5, 0.6) is 0 Å². The van der Waals surface area contributed by atoms with Crippen LogP contribution in [0, 0.1) is 0 Å². The Morgan fingerprint density at radius 2 is 1.83 bits per heavy atom. The number of nitrogen functional groups attached to an aromatic ring is 1. The number of carboxylic acids is 2. The summed E-state index contributed by atoms with van der Waals surface area (Å²) in [7, 11) is 0. The summed E-state index contributed by atoms with van der Waals surface area (Å²) in [4.78, 5) is 23.2. The van der Waals surface area contributed by atoms with E-state index in [4.69, 9.17) is 5.73 Å². The molecule has 0 radical (unpaired) electrons. The second kappa shape index (κ2) is 5.64. The SMILES string of the molecule is Nc1cc(C(=O)O)c2c(c1)C(C(=O)O)CC(c1ccccc1)N2. The minimum atomic E-state index is -1.14. The Labute approximate surface area is 132 Å². The van der Waals surface area contributed by atoms with Gasteiger partial charge in [0.1, 0.15) is 0 Å². The minimum absolute atomic E-state index is 0.00752. The van der Waals surface area contributed by atoms with E-state index in [1.54, 1.807) is 0 Å². The summed E-state index contributed by atoms with van der Waals surface area (Å²) in [5, 5.41) is 22.1. The van der Waals surface area contributed by atoms with Crippen molar-refractivity contribution in [3.63, 3.8) is 0 Å². The zero-order valence-electron chi connectivity index (χ0n) is 12.2. The minimum Gasteiger partial charge on any atom is -0.481 e. The second-order valence-electron chi connectivity index (χ2n) is 5.57. The lowest BCUT2D eigenvalue weighted by Gasteiger charge is -2.32. The lowest BCUT2D eigenvalue weighted by Crippen LogP contribution is -2.27. The topological polar surface area (TPSA) is 113 Å². The van der Waals surface area contributed by atoms with E-state index in [1.807, 2.05) is 30.3 Å². The van der Waals surface area contributed by atoms with E-state index in [-0.39, 0.29) is 17.3 Å². The van der Waals surface area contributed by atoms with Gasteiger partial charge >= 0.3 is 11.9 Å². The van der Waals surface area contributed by atoms with Crippen molar-refractivity contribution < 1.29 is 19.8 Å². The number of anilines is 2. The van der Waals surface area contributed by atoms with Crippen LogP contribution in [-0.4, -0.2) is 22.2 Å². The van der Waals surface area contributed by atoms with Crippen molar-refractivity contribution in [2.75, 3.05) is 11.1 Å². The van der Waals surface area contributed by atoms with E-state index >= 15 is 0 Å². The third kappa shape index (κ3) is 2.70. The highest BCUT2D eigenvalue weighted by molar-refractivity contribution is 5.98. The third-order valence-electron chi connectivity index (χ3n) is 4.09. The first-order valence-corrected chi connectivity index (χ1v) is 7.18. The van der Waals surface area contributed by atoms with Crippen molar-refractivity contribution in [2.45, 2.75) is 18.4 Å². The Kier molecular flexibility index (Phi) is 3.65. The molecule has 0 aliphatic carbocycles. The highest BCUT2D eigenvalue weighted by Gasteiger charge is 2.34. The van der Waals surface area contributed by atoms with Gasteiger partial charge in [-0.05, 0) is 29.7 Å². The van der Waals surface area contributed by atoms with Crippen LogP contribution in [0.15, 0.2) is 42.5 Å². The normalized spacial score (nSPS) is 19.5. The summed E-state index contributed by atoms with van der Waals surface area (Å²) in [6.07, 6.45) is 0.328. The summed E-state index contributed by atoms with van der Waals surface area (Å²) in [6.45, 7) is 0. The molecule has 3 rings (SSSR count). The summed E-state index contributed by atoms with van der Waals surface area (Å²) < 4.78 is 0. The van der Waals surface area contributed by atoms with Gasteiger partial charge < -0.3 is 21.3 Å². The molecule has 6 nitrogen and oxygen atoms in total. The lowest BCUT2D eigenvalue weighted by atomic mass is 9.83. The first kappa shape index (κ1) is 14.9. The van der Waals surface area contributed by atoms with Crippen LogP contribution in [0.1, 0.15) is 39.9 Å². The number of aliphatic carboxylic acids is 1. The summed E-state index contributed by atoms with van der Waals surface area (Å²) >= 11 is 0. The van der Waals surface area contributed by atoms with E-state index < -0.39 is 17.9 Å². The molecule has 6 heteroatoms. The first-order chi connectivity index (χ1) is 11.0. The fourth-order valence-corrected chi connectivity index (χ4v) is 3.03. The Balaban J connectivity index is 2.14. The molecular formula is C17H16N2O4. The van der Waals surface area contributed by atoms with E-state index in [1.165, 1.54) is 12.1 Å². The van der Waals surface area contributed by atoms with Crippen molar-refractivity contribution in [3.05, 3.63) is 59.2 Å². The van der Waals surface area contributed by atoms with Crippen LogP contribution >= 0.6 is 0 Å². The van der Waals surface area contributed by atoms with Gasteiger partial charge in [-0.25, -0.2) is 4.79 Å². The predicted molar refractivity (Wildman–Crippen MR) is 85.6 cm³/mol. The molecule has 1 heterocycles. The van der Waals surface area contributed by atoms with Crippen LogP contribution in [0.4, 0.5) is 11.4 Å². The number of carboxylic acid groups (broad SMARTS) is 2. The maximum Gasteiger partial charge on any atom is 0.337 e. The standard InChI is InChI=1S/C17H16N2O4/c18-10-6-11-12(16(20)21)8-14(9-4-2-1-3-5-9)19-15(11)13(7-10)17(22)23/h1-7,12,14,19H,8,18H2,(H,20,21)(H,22,23). The quantitative estimate of drug-likeness (QED) is 0.648. The molecule has 2 atom stereocenters. The maximum absolute atomic E-state index is 11.7. The van der Waals surface area contributed by atoms with E-state index in [0.717, 1.165) is 5.56 Å². The molecule has 2 unspecified atom stereocenters. The van der Waals surface area contributed by atoms with Gasteiger partial charge in [-0.3, -0.25) is 4.79 Å². The van der Waals surface area contributed by atoms with E-state index in [0.29, 0.717) is 17.7 Å². The van der Waals surface area contributed by atoms with Crippen molar-refractivity contribution in [1.29, 1.82) is 0 Å². The zero-order chi connectivity index (χ0) is 16.6. The number of nitrogens with two attached hydrogens (primary N) is 1. The first-order valence-electron chi connectivity index (χ1n) is 7.18. The summed E-state index contributed by atoms with van der Waals surface area (Å²) in [5.41, 5.74) is 7.65. The smallest absolute Gasteiger partial charge is 0.337 e. The van der Waals surface area contributed by atoms with Gasteiger partial charge in [-0.1, -0.05) is 30.3 Å². The molecule has 1 aliphatic heterocycles. The van der Waals surface area contributed by atoms with Crippen LogP contribution < -0.4 is 11.1 Å². The van der Waals surface area contributed by atoms with Gasteiger partial charge in [-0.15, -0.1) is 0 Å². The predicted octanol–water partition coefficient (Wildman–Crippen LogP) is 2.69. The van der Waals surface area contributed by atoms with Gasteiger partial charge in [0.15, 0.2) is 0 Å². The van der Waals surface area contributed by atoms with Crippen molar-refractivity contribution in [2.24, 2.45) is 0 Å². The highest BCUT2D eigenvalue weighted by atomic mass is 16.4. The molecule has 0 amide bonds. The maximum atomic E-state index is 11.7. The number of benzene rings is 2. The number of carbonyl (C=O) groups is 2. The number of rotatable bonds is 3. The molecule has 0 aromatic heterocycles. The molecule has 1 aliphatic rings. The largest absolute Gasteiger partial charge is 0.481 e. The Hall–Kier alpha value is -3.02. The van der Waals surface area contributed by atoms with Crippen LogP contribution in [0.3, 0.4) is 0 Å². The van der Waals surface area contributed by atoms with Crippen LogP contribution in [0.25, 0.3) is 0 Å². The number of hydrogen-bond donors (Lipinski definition) is 4. The van der Waals surface area contributed by atoms with Gasteiger partial charge in [0, 0.05) is 5.69 Å². The average Bonchev–Trinajstić information content (AvgIpc) is 2.53. The number of aromatic carboxylic acids is 1. The van der Waals surface area contributed by atoms with Crippen LogP contribution in [-0.2, 0) is 4.79 Å². The molecular weight excluding hydrogens is 296 g/mol. The Morgan fingerprint density at radius 3 is 2.43 bits per heavy atom. The second-order valence-corrected chi connectivity index (χ2v) is 5.57. The van der Waals surface area contributed by atoms with Crippen molar-refractivity contribution in [3.8, 4) is 0 Å². The third-order valence-corrected chi connectivity index (χ3v) is 4.09. The fraction of sp³-hybridized carbons (Fsp3) is 0.176. The van der Waals surface area contributed by atoms with E-state index in [2.05, 4.69) is 5.32 Å². The highest BCUT2D eigenvalue weighted by Crippen LogP contribution is 2.43. The molecule has 2 aromatic rings. The molecule has 0 fully saturated rings. The van der Waals surface area contributed by atoms with Crippen molar-refractivity contribution in [1.82, 2.24) is 0 Å². The molecule has 2 aromatic carbocycles. The van der Waals surface area contributed by atoms with Gasteiger partial charge in [0.25, 0.3) is 0 Å². The molecule has 0 saturated heterocycles. The number of fused-ring (bicyclic) bond motifs is 1. The molecule has 0 saturated carbocycles. The Morgan fingerprint density at radius 1 is 1.13 bits per heavy atom.